The van der Waals surface area contributed by atoms with E-state index in [4.69, 9.17) is 5.11 Å². The molecule has 0 unspecified atom stereocenters. The molecule has 0 bridgehead atoms. The van der Waals surface area contributed by atoms with Crippen molar-refractivity contribution in [2.45, 2.75) is 6.92 Å². The molecule has 4 N–H and O–H groups in total. The van der Waals surface area contributed by atoms with E-state index in [1.54, 1.807) is 6.92 Å². The predicted octanol–water partition coefficient (Wildman–Crippen LogP) is 0.267. The summed E-state index contributed by atoms with van der Waals surface area (Å²) < 4.78 is 13.3. The van der Waals surface area contributed by atoms with Gasteiger partial charge in [-0.1, -0.05) is 13.2 Å². The van der Waals surface area contributed by atoms with E-state index in [1.165, 1.54) is 0 Å². The summed E-state index contributed by atoms with van der Waals surface area (Å²) in [6.07, 6.45) is 1.03. The second-order valence-corrected chi connectivity index (χ2v) is 3.91. The topological polar surface area (TPSA) is 171 Å². The van der Waals surface area contributed by atoms with Crippen molar-refractivity contribution in [1.29, 1.82) is 0 Å². The van der Waals surface area contributed by atoms with E-state index >= 15 is 0 Å². The molecule has 0 spiro atoms. The number of amides is 3. The van der Waals surface area contributed by atoms with Gasteiger partial charge in [-0.2, -0.15) is 0 Å². The van der Waals surface area contributed by atoms with Gasteiger partial charge in [0.05, 0.1) is 12.2 Å². The first-order chi connectivity index (χ1) is 12.1. The number of nitrogens with one attached hydrogen (secondary N) is 1. The minimum absolute atomic E-state index is 0.252. The third kappa shape index (κ3) is 16.7. The molecule has 0 saturated heterocycles. The van der Waals surface area contributed by atoms with E-state index in [9.17, 15) is 24.0 Å². The summed E-state index contributed by atoms with van der Waals surface area (Å²) in [6.45, 7) is 7.84. The lowest BCUT2D eigenvalue weighted by Crippen LogP contribution is -2.30. The van der Waals surface area contributed by atoms with Crippen LogP contribution >= 0.6 is 0 Å². The van der Waals surface area contributed by atoms with Crippen LogP contribution in [0.4, 0.5) is 9.59 Å². The molecule has 0 heterocycles. The SMILES string of the molecule is C=CC(=O)NC(=O)OCCOC(=O)C=CC(=C)C(=O)O.CCOC(N)=O. The molecule has 0 aliphatic carbocycles. The number of ether oxygens (including phenoxy) is 3. The van der Waals surface area contributed by atoms with Gasteiger partial charge in [-0.25, -0.2) is 19.2 Å². The van der Waals surface area contributed by atoms with Crippen molar-refractivity contribution in [1.82, 2.24) is 5.32 Å². The zero-order valence-electron chi connectivity index (χ0n) is 14.1. The molecule has 0 saturated carbocycles. The molecule has 26 heavy (non-hydrogen) atoms. The number of esters is 1. The molecule has 0 atom stereocenters. The summed E-state index contributed by atoms with van der Waals surface area (Å²) in [5.41, 5.74) is 4.26. The molecule has 3 amide bonds. The van der Waals surface area contributed by atoms with E-state index in [2.05, 4.69) is 33.1 Å². The molecular weight excluding hydrogens is 352 g/mol. The normalized spacial score (nSPS) is 9.12. The Morgan fingerprint density at radius 2 is 1.65 bits per heavy atom. The summed E-state index contributed by atoms with van der Waals surface area (Å²) in [5.74, 6) is -2.80. The van der Waals surface area contributed by atoms with Gasteiger partial charge in [0.15, 0.2) is 0 Å². The number of rotatable bonds is 8. The van der Waals surface area contributed by atoms with Gasteiger partial charge in [0.1, 0.15) is 13.2 Å². The van der Waals surface area contributed by atoms with Crippen LogP contribution in [0.3, 0.4) is 0 Å². The Balaban J connectivity index is 0. The number of imide groups is 1. The molecule has 11 heteroatoms. The van der Waals surface area contributed by atoms with Crippen LogP contribution in [0, 0.1) is 0 Å². The number of hydrogen-bond donors (Lipinski definition) is 3. The predicted molar refractivity (Wildman–Crippen MR) is 87.8 cm³/mol. The number of hydrogen-bond acceptors (Lipinski definition) is 8. The van der Waals surface area contributed by atoms with Crippen molar-refractivity contribution < 1.29 is 43.3 Å². The summed E-state index contributed by atoms with van der Waals surface area (Å²) >= 11 is 0. The van der Waals surface area contributed by atoms with Crippen molar-refractivity contribution in [2.75, 3.05) is 19.8 Å². The standard InChI is InChI=1S/C12H13NO7.C3H7NO2/c1-3-9(14)13-12(18)20-7-6-19-10(15)5-4-8(2)11(16)17;1-2-6-3(4)5/h3-5H,1-2,6-7H2,(H,16,17)(H,13,14,18);2H2,1H3,(H2,4,5). The number of alkyl carbamates (subject to hydrolysis) is 1. The fourth-order valence-electron chi connectivity index (χ4n) is 0.895. The van der Waals surface area contributed by atoms with Crippen molar-refractivity contribution in [3.05, 3.63) is 37.0 Å². The Kier molecular flexibility index (Phi) is 14.1. The summed E-state index contributed by atoms with van der Waals surface area (Å²) in [4.78, 5) is 52.6. The lowest BCUT2D eigenvalue weighted by molar-refractivity contribution is -0.138. The highest BCUT2D eigenvalue weighted by Crippen LogP contribution is 1.93. The highest BCUT2D eigenvalue weighted by atomic mass is 16.6. The van der Waals surface area contributed by atoms with E-state index < -0.39 is 30.0 Å². The molecule has 0 aromatic heterocycles. The Bertz CT molecular complexity index is 582. The Labute approximate surface area is 149 Å². The average molecular weight is 372 g/mol. The lowest BCUT2D eigenvalue weighted by Gasteiger charge is -2.04. The van der Waals surface area contributed by atoms with Crippen LogP contribution in [0.1, 0.15) is 6.92 Å². The zero-order valence-corrected chi connectivity index (χ0v) is 14.1. The minimum Gasteiger partial charge on any atom is -0.478 e. The molecule has 0 fully saturated rings. The first kappa shape index (κ1) is 24.6. The van der Waals surface area contributed by atoms with Gasteiger partial charge >= 0.3 is 24.1 Å². The summed E-state index contributed by atoms with van der Waals surface area (Å²) in [6, 6.07) is 0. The summed E-state index contributed by atoms with van der Waals surface area (Å²) in [7, 11) is 0. The number of aliphatic carboxylic acids is 1. The fraction of sp³-hybridized carbons (Fsp3) is 0.267. The van der Waals surface area contributed by atoms with Crippen molar-refractivity contribution in [2.24, 2.45) is 5.73 Å². The maximum Gasteiger partial charge on any atom is 0.414 e. The molecular formula is C15H20N2O9. The van der Waals surface area contributed by atoms with Crippen molar-refractivity contribution >= 4 is 30.0 Å². The molecule has 0 aliphatic heterocycles. The monoisotopic (exact) mass is 372 g/mol. The molecule has 144 valence electrons. The third-order valence-electron chi connectivity index (χ3n) is 1.95. The number of carboxylic acid groups (broad SMARTS) is 1. The van der Waals surface area contributed by atoms with Crippen LogP contribution in [-0.4, -0.2) is 55.0 Å². The Morgan fingerprint density at radius 1 is 1.08 bits per heavy atom. The Hall–Kier alpha value is -3.63. The van der Waals surface area contributed by atoms with Crippen LogP contribution in [0.2, 0.25) is 0 Å². The lowest BCUT2D eigenvalue weighted by atomic mass is 10.3. The van der Waals surface area contributed by atoms with Gasteiger partial charge in [-0.15, -0.1) is 0 Å². The smallest absolute Gasteiger partial charge is 0.414 e. The molecule has 0 rings (SSSR count). The van der Waals surface area contributed by atoms with Crippen LogP contribution in [0.25, 0.3) is 0 Å². The van der Waals surface area contributed by atoms with Crippen LogP contribution in [-0.2, 0) is 28.6 Å². The number of carbonyl (C=O) groups is 5. The van der Waals surface area contributed by atoms with Crippen molar-refractivity contribution in [3.8, 4) is 0 Å². The quantitative estimate of drug-likeness (QED) is 0.178. The first-order valence-corrected chi connectivity index (χ1v) is 6.93. The Morgan fingerprint density at radius 3 is 2.08 bits per heavy atom. The van der Waals surface area contributed by atoms with Gasteiger partial charge in [0.25, 0.3) is 5.91 Å². The van der Waals surface area contributed by atoms with Gasteiger partial charge < -0.3 is 25.1 Å². The van der Waals surface area contributed by atoms with Crippen molar-refractivity contribution in [3.63, 3.8) is 0 Å². The second-order valence-electron chi connectivity index (χ2n) is 3.91. The maximum absolute atomic E-state index is 11.1. The highest BCUT2D eigenvalue weighted by molar-refractivity contribution is 5.98. The highest BCUT2D eigenvalue weighted by Gasteiger charge is 2.06. The molecule has 0 aromatic carbocycles. The molecule has 0 aliphatic rings. The number of carbonyl (C=O) groups excluding carboxylic acids is 4. The number of carboxylic acids is 1. The average Bonchev–Trinajstić information content (AvgIpc) is 2.56. The largest absolute Gasteiger partial charge is 0.478 e. The minimum atomic E-state index is -1.26. The van der Waals surface area contributed by atoms with Gasteiger partial charge in [0.2, 0.25) is 0 Å². The van der Waals surface area contributed by atoms with E-state index in [-0.39, 0.29) is 18.8 Å². The van der Waals surface area contributed by atoms with Crippen LogP contribution in [0.15, 0.2) is 37.0 Å². The maximum atomic E-state index is 11.1. The first-order valence-electron chi connectivity index (χ1n) is 6.93. The van der Waals surface area contributed by atoms with Crippen LogP contribution in [0.5, 0.6) is 0 Å². The molecule has 0 aromatic rings. The van der Waals surface area contributed by atoms with Gasteiger partial charge in [0, 0.05) is 6.08 Å². The molecule has 0 radical (unpaired) electrons. The second kappa shape index (κ2) is 14.9. The number of primary amides is 1. The van der Waals surface area contributed by atoms with Gasteiger partial charge in [-0.05, 0) is 19.1 Å². The van der Waals surface area contributed by atoms with Gasteiger partial charge in [-0.3, -0.25) is 10.1 Å². The van der Waals surface area contributed by atoms with E-state index in [1.807, 2.05) is 5.32 Å². The van der Waals surface area contributed by atoms with E-state index in [0.29, 0.717) is 6.61 Å². The summed E-state index contributed by atoms with van der Waals surface area (Å²) in [5, 5.41) is 10.3. The molecule has 11 nitrogen and oxygen atoms in total. The van der Waals surface area contributed by atoms with Crippen LogP contribution < -0.4 is 11.1 Å². The zero-order chi connectivity index (χ0) is 20.5. The number of nitrogens with two attached hydrogens (primary N) is 1. The third-order valence-corrected chi connectivity index (χ3v) is 1.95. The van der Waals surface area contributed by atoms with E-state index in [0.717, 1.165) is 18.2 Å². The fourth-order valence-corrected chi connectivity index (χ4v) is 0.895.